The largest absolute Gasteiger partial charge is 0.600 e. The van der Waals surface area contributed by atoms with Crippen LogP contribution in [0.1, 0.15) is 31.1 Å². The van der Waals surface area contributed by atoms with Crippen LogP contribution in [0.5, 0.6) is 0 Å². The Balaban J connectivity index is 0.000000381. The quantitative estimate of drug-likeness (QED) is 0.417. The van der Waals surface area contributed by atoms with Crippen molar-refractivity contribution in [1.82, 2.24) is 0 Å². The second kappa shape index (κ2) is 8.55. The molecule has 0 fully saturated rings. The van der Waals surface area contributed by atoms with Crippen molar-refractivity contribution in [3.63, 3.8) is 0 Å². The van der Waals surface area contributed by atoms with Crippen LogP contribution in [0.25, 0.3) is 10.1 Å². The molecule has 0 saturated carbocycles. The minimum absolute atomic E-state index is 0.441. The van der Waals surface area contributed by atoms with E-state index in [0.717, 1.165) is 24.6 Å². The number of carbonyl (C=O) groups is 1. The van der Waals surface area contributed by atoms with E-state index in [4.69, 9.17) is 9.90 Å². The van der Waals surface area contributed by atoms with Crippen molar-refractivity contribution in [2.75, 3.05) is 0 Å². The Bertz CT molecular complexity index is 703. The summed E-state index contributed by atoms with van der Waals surface area (Å²) in [5.41, 5.74) is -4.15. The minimum atomic E-state index is -5.19. The van der Waals surface area contributed by atoms with Gasteiger partial charge in [-0.1, -0.05) is 31.9 Å². The normalized spacial score (nSPS) is 12.7. The van der Waals surface area contributed by atoms with Crippen LogP contribution in [-0.4, -0.2) is 12.1 Å². The third-order valence-corrected chi connectivity index (χ3v) is 5.33. The van der Waals surface area contributed by atoms with Crippen molar-refractivity contribution in [3.05, 3.63) is 35.2 Å². The summed E-state index contributed by atoms with van der Waals surface area (Å²) < 4.78 is 71.5. The number of thiophene rings is 1. The second-order valence-electron chi connectivity index (χ2n) is 5.14. The zero-order valence-electron chi connectivity index (χ0n) is 13.2. The zero-order valence-corrected chi connectivity index (χ0v) is 14.0. The highest BCUT2D eigenvalue weighted by molar-refractivity contribution is 7.38. The molecule has 0 aliphatic carbocycles. The van der Waals surface area contributed by atoms with Crippen LogP contribution in [0.4, 0.5) is 26.3 Å². The molecule has 0 aliphatic rings. The molecular formula is C16H16F6O2S. The molecule has 0 saturated heterocycles. The molecule has 140 valence electrons. The zero-order chi connectivity index (χ0) is 19.3. The topological polar surface area (TPSA) is 40.1 Å². The maximum atomic E-state index is 13.2. The Morgan fingerprint density at radius 2 is 1.64 bits per heavy atom. The Labute approximate surface area is 143 Å². The molecular weight excluding hydrogens is 370 g/mol. The van der Waals surface area contributed by atoms with Gasteiger partial charge in [-0.15, -0.1) is 13.2 Å². The molecule has 9 heteroatoms. The van der Waals surface area contributed by atoms with Gasteiger partial charge in [0.05, 0.1) is 10.5 Å². The molecule has 1 heterocycles. The number of benzene rings is 1. The molecule has 0 aliphatic heterocycles. The molecule has 1 aromatic heterocycles. The van der Waals surface area contributed by atoms with Gasteiger partial charge in [0, 0.05) is 17.9 Å². The lowest BCUT2D eigenvalue weighted by Crippen LogP contribution is -2.37. The maximum absolute atomic E-state index is 13.2. The highest BCUT2D eigenvalue weighted by atomic mass is 32.2. The van der Waals surface area contributed by atoms with Crippen LogP contribution in [-0.2, 0) is 16.7 Å². The van der Waals surface area contributed by atoms with Crippen LogP contribution >= 0.6 is 10.5 Å². The fraction of sp³-hybridized carbons (Fsp3) is 0.438. The maximum Gasteiger partial charge on any atom is 0.600 e. The molecule has 0 N–H and O–H groups in total. The highest BCUT2D eigenvalue weighted by Crippen LogP contribution is 2.51. The lowest BCUT2D eigenvalue weighted by atomic mass is 10.1. The number of fused-ring (bicyclic) bond motifs is 1. The van der Waals surface area contributed by atoms with Crippen LogP contribution in [0.2, 0.25) is 0 Å². The number of unbranched alkanes of at least 4 members (excludes halogenated alkanes) is 2. The van der Waals surface area contributed by atoms with Crippen molar-refractivity contribution in [1.29, 1.82) is 0 Å². The van der Waals surface area contributed by atoms with E-state index in [1.165, 1.54) is 0 Å². The molecule has 0 radical (unpaired) electrons. The Morgan fingerprint density at radius 1 is 1.08 bits per heavy atom. The standard InChI is InChI=1S/C14H16F3S.C2HF3O2/c1-2-3-4-8-12-10-11-7-5-6-9-13(11)18(12)14(15,16)17;3-2(4,5)1(6)7/h5-7,9-10H,2-4,8H2,1H3;(H,6,7)/q+1;/p-1. The SMILES string of the molecule is CCCCCc1cc2ccccc2[s+]1C(F)(F)F.O=C([O-])C(F)(F)F. The monoisotopic (exact) mass is 386 g/mol. The predicted octanol–water partition coefficient (Wildman–Crippen LogP) is 5.10. The lowest BCUT2D eigenvalue weighted by molar-refractivity contribution is -0.344. The number of aliphatic carboxylic acids is 1. The first-order chi connectivity index (χ1) is 11.5. The molecule has 0 bridgehead atoms. The Kier molecular flexibility index (Phi) is 7.28. The fourth-order valence-electron chi connectivity index (χ4n) is 2.16. The van der Waals surface area contributed by atoms with E-state index in [9.17, 15) is 26.3 Å². The second-order valence-corrected chi connectivity index (χ2v) is 7.18. The lowest BCUT2D eigenvalue weighted by Gasteiger charge is -2.03. The number of halogens is 6. The molecule has 1 atom stereocenters. The van der Waals surface area contributed by atoms with E-state index < -0.39 is 28.1 Å². The number of hydrogen-bond acceptors (Lipinski definition) is 2. The number of carbonyl (C=O) groups excluding carboxylic acids is 1. The smallest absolute Gasteiger partial charge is 0.542 e. The van der Waals surface area contributed by atoms with Gasteiger partial charge in [-0.3, -0.25) is 0 Å². The molecule has 25 heavy (non-hydrogen) atoms. The summed E-state index contributed by atoms with van der Waals surface area (Å²) in [5, 5.41) is 9.53. The first-order valence-electron chi connectivity index (χ1n) is 7.37. The van der Waals surface area contributed by atoms with Crippen molar-refractivity contribution in [2.45, 2.75) is 44.3 Å². The van der Waals surface area contributed by atoms with Crippen molar-refractivity contribution in [2.24, 2.45) is 0 Å². The Morgan fingerprint density at radius 3 is 2.12 bits per heavy atom. The van der Waals surface area contributed by atoms with E-state index in [1.54, 1.807) is 30.3 Å². The third kappa shape index (κ3) is 6.22. The van der Waals surface area contributed by atoms with E-state index in [1.807, 2.05) is 0 Å². The molecule has 2 aromatic rings. The van der Waals surface area contributed by atoms with Crippen LogP contribution in [0.3, 0.4) is 0 Å². The summed E-state index contributed by atoms with van der Waals surface area (Å²) in [7, 11) is -1.70. The van der Waals surface area contributed by atoms with Crippen molar-refractivity contribution < 1.29 is 36.2 Å². The van der Waals surface area contributed by atoms with Gasteiger partial charge < -0.3 is 9.90 Å². The van der Waals surface area contributed by atoms with Crippen molar-refractivity contribution in [3.8, 4) is 0 Å². The summed E-state index contributed by atoms with van der Waals surface area (Å²) in [6.07, 6.45) is -1.77. The van der Waals surface area contributed by atoms with Crippen LogP contribution in [0.15, 0.2) is 30.3 Å². The predicted molar refractivity (Wildman–Crippen MR) is 82.0 cm³/mol. The van der Waals surface area contributed by atoms with Gasteiger partial charge in [0.25, 0.3) is 0 Å². The van der Waals surface area contributed by atoms with Gasteiger partial charge >= 0.3 is 11.7 Å². The van der Waals surface area contributed by atoms with Crippen LogP contribution in [0, 0.1) is 0 Å². The summed E-state index contributed by atoms with van der Waals surface area (Å²) in [6.45, 7) is 2.06. The van der Waals surface area contributed by atoms with Gasteiger partial charge in [-0.2, -0.15) is 13.2 Å². The summed E-state index contributed by atoms with van der Waals surface area (Å²) in [6, 6.07) is 8.60. The van der Waals surface area contributed by atoms with E-state index in [0.29, 0.717) is 16.0 Å². The van der Waals surface area contributed by atoms with E-state index in [-0.39, 0.29) is 0 Å². The average Bonchev–Trinajstić information content (AvgIpc) is 2.85. The highest BCUT2D eigenvalue weighted by Gasteiger charge is 2.47. The molecule has 1 unspecified atom stereocenters. The number of carboxylic acids is 1. The van der Waals surface area contributed by atoms with Gasteiger partial charge in [0.1, 0.15) is 5.97 Å². The van der Waals surface area contributed by atoms with Gasteiger partial charge in [-0.25, -0.2) is 0 Å². The molecule has 0 amide bonds. The number of alkyl halides is 6. The summed E-state index contributed by atoms with van der Waals surface area (Å²) in [5.74, 6) is -3.01. The Hall–Kier alpha value is -1.77. The van der Waals surface area contributed by atoms with Gasteiger partial charge in [-0.05, 0) is 18.6 Å². The summed E-state index contributed by atoms with van der Waals surface area (Å²) in [4.78, 5) is 9.34. The number of rotatable bonds is 4. The molecule has 2 nitrogen and oxygen atoms in total. The first kappa shape index (κ1) is 21.3. The number of hydrogen-bond donors (Lipinski definition) is 0. The molecule has 2 rings (SSSR count). The van der Waals surface area contributed by atoms with Crippen LogP contribution < -0.4 is 5.11 Å². The van der Waals surface area contributed by atoms with Gasteiger partial charge in [0.15, 0.2) is 9.58 Å². The minimum Gasteiger partial charge on any atom is -0.542 e. The first-order valence-corrected chi connectivity index (χ1v) is 8.59. The number of aryl methyl sites for hydroxylation is 1. The average molecular weight is 386 g/mol. The van der Waals surface area contributed by atoms with Crippen molar-refractivity contribution >= 4 is 26.5 Å². The third-order valence-electron chi connectivity index (χ3n) is 3.21. The molecule has 0 spiro atoms. The molecule has 1 aromatic carbocycles. The van der Waals surface area contributed by atoms with E-state index >= 15 is 0 Å². The summed E-state index contributed by atoms with van der Waals surface area (Å²) >= 11 is 0. The fourth-order valence-corrected chi connectivity index (χ4v) is 4.16. The number of carboxylic acid groups (broad SMARTS) is 1. The van der Waals surface area contributed by atoms with E-state index in [2.05, 4.69) is 6.92 Å². The van der Waals surface area contributed by atoms with Gasteiger partial charge in [0.2, 0.25) is 0 Å².